The van der Waals surface area contributed by atoms with Gasteiger partial charge in [-0.25, -0.2) is 9.37 Å². The highest BCUT2D eigenvalue weighted by molar-refractivity contribution is 5.96. The van der Waals surface area contributed by atoms with Crippen LogP contribution < -0.4 is 5.32 Å². The van der Waals surface area contributed by atoms with Gasteiger partial charge in [0.05, 0.1) is 0 Å². The molecular weight excluding hydrogens is 345 g/mol. The van der Waals surface area contributed by atoms with Gasteiger partial charge in [0, 0.05) is 24.8 Å². The third kappa shape index (κ3) is 3.33. The van der Waals surface area contributed by atoms with Crippen LogP contribution >= 0.6 is 0 Å². The molecule has 0 unspecified atom stereocenters. The molecule has 0 spiro atoms. The van der Waals surface area contributed by atoms with E-state index in [0.717, 1.165) is 16.5 Å². The Morgan fingerprint density at radius 1 is 1.19 bits per heavy atom. The van der Waals surface area contributed by atoms with Crippen molar-refractivity contribution in [2.24, 2.45) is 7.05 Å². The Labute approximate surface area is 155 Å². The van der Waals surface area contributed by atoms with Crippen molar-refractivity contribution in [1.29, 1.82) is 0 Å². The number of amides is 1. The van der Waals surface area contributed by atoms with Crippen molar-refractivity contribution in [3.8, 4) is 0 Å². The summed E-state index contributed by atoms with van der Waals surface area (Å²) < 4.78 is 20.8. The fourth-order valence-corrected chi connectivity index (χ4v) is 3.08. The second-order valence-electron chi connectivity index (χ2n) is 6.51. The zero-order valence-electron chi connectivity index (χ0n) is 14.9. The van der Waals surface area contributed by atoms with Crippen LogP contribution in [0.2, 0.25) is 0 Å². The number of benzene rings is 2. The van der Waals surface area contributed by atoms with E-state index in [0.29, 0.717) is 11.4 Å². The maximum atomic E-state index is 13.3. The minimum atomic E-state index is -0.534. The van der Waals surface area contributed by atoms with E-state index in [1.165, 1.54) is 12.1 Å². The summed E-state index contributed by atoms with van der Waals surface area (Å²) in [6.45, 7) is 1.98. The molecule has 0 aliphatic carbocycles. The van der Waals surface area contributed by atoms with Gasteiger partial charge >= 0.3 is 0 Å². The maximum Gasteiger partial charge on any atom is 0.287 e. The van der Waals surface area contributed by atoms with Gasteiger partial charge in [-0.1, -0.05) is 23.8 Å². The molecule has 0 radical (unpaired) electrons. The van der Waals surface area contributed by atoms with E-state index in [4.69, 9.17) is 4.42 Å². The van der Waals surface area contributed by atoms with Gasteiger partial charge in [-0.05, 0) is 42.8 Å². The topological polar surface area (TPSA) is 60.1 Å². The molecule has 1 amide bonds. The SMILES string of the molecule is Cc1ccc2oc(C(=O)N[C@@H](c3ccc(F)cc3)c3nccn3C)cc2c1. The first-order valence-electron chi connectivity index (χ1n) is 8.55. The second kappa shape index (κ2) is 6.72. The van der Waals surface area contributed by atoms with Crippen molar-refractivity contribution >= 4 is 16.9 Å². The zero-order chi connectivity index (χ0) is 19.0. The highest BCUT2D eigenvalue weighted by Gasteiger charge is 2.23. The van der Waals surface area contributed by atoms with Gasteiger partial charge in [0.15, 0.2) is 5.76 Å². The molecule has 1 atom stereocenters. The summed E-state index contributed by atoms with van der Waals surface area (Å²) in [4.78, 5) is 17.2. The number of carbonyl (C=O) groups is 1. The molecule has 2 heterocycles. The molecule has 1 N–H and O–H groups in total. The lowest BCUT2D eigenvalue weighted by atomic mass is 10.1. The van der Waals surface area contributed by atoms with Gasteiger partial charge < -0.3 is 14.3 Å². The molecular formula is C21H18FN3O2. The summed E-state index contributed by atoms with van der Waals surface area (Å²) in [5.41, 5.74) is 2.47. The van der Waals surface area contributed by atoms with Gasteiger partial charge in [-0.3, -0.25) is 4.79 Å². The molecule has 2 aromatic carbocycles. The molecule has 0 saturated heterocycles. The Bertz CT molecular complexity index is 1110. The average Bonchev–Trinajstić information content (AvgIpc) is 3.26. The van der Waals surface area contributed by atoms with Gasteiger partial charge in [0.2, 0.25) is 0 Å². The van der Waals surface area contributed by atoms with Crippen LogP contribution in [0.5, 0.6) is 0 Å². The van der Waals surface area contributed by atoms with Crippen molar-refractivity contribution in [2.75, 3.05) is 0 Å². The Morgan fingerprint density at radius 3 is 2.67 bits per heavy atom. The average molecular weight is 363 g/mol. The number of hydrogen-bond donors (Lipinski definition) is 1. The molecule has 0 fully saturated rings. The summed E-state index contributed by atoms with van der Waals surface area (Å²) in [5.74, 6) is 0.163. The normalized spacial score (nSPS) is 12.3. The van der Waals surface area contributed by atoms with Crippen molar-refractivity contribution in [3.05, 3.63) is 89.5 Å². The summed E-state index contributed by atoms with van der Waals surface area (Å²) >= 11 is 0. The first-order valence-corrected chi connectivity index (χ1v) is 8.55. The maximum absolute atomic E-state index is 13.3. The number of aryl methyl sites for hydroxylation is 2. The van der Waals surface area contributed by atoms with Crippen molar-refractivity contribution in [2.45, 2.75) is 13.0 Å². The van der Waals surface area contributed by atoms with Crippen LogP contribution in [0.15, 0.2) is 65.3 Å². The molecule has 0 aliphatic heterocycles. The number of rotatable bonds is 4. The Morgan fingerprint density at radius 2 is 1.96 bits per heavy atom. The monoisotopic (exact) mass is 363 g/mol. The lowest BCUT2D eigenvalue weighted by Gasteiger charge is -2.18. The Hall–Kier alpha value is -3.41. The molecule has 4 rings (SSSR count). The van der Waals surface area contributed by atoms with Crippen LogP contribution in [-0.2, 0) is 7.05 Å². The molecule has 6 heteroatoms. The molecule has 27 heavy (non-hydrogen) atoms. The van der Waals surface area contributed by atoms with Gasteiger partial charge in [0.1, 0.15) is 23.3 Å². The highest BCUT2D eigenvalue weighted by atomic mass is 19.1. The molecule has 0 saturated carbocycles. The van der Waals surface area contributed by atoms with E-state index in [9.17, 15) is 9.18 Å². The standard InChI is InChI=1S/C21H18FN3O2/c1-13-3-8-17-15(11-13)12-18(27-17)21(26)24-19(20-23-9-10-25(20)2)14-4-6-16(22)7-5-14/h3-12,19H,1-2H3,(H,24,26)/t19-/m0/s1. The number of furan rings is 1. The van der Waals surface area contributed by atoms with Gasteiger partial charge in [-0.2, -0.15) is 0 Å². The molecule has 136 valence electrons. The number of halogens is 1. The summed E-state index contributed by atoms with van der Waals surface area (Å²) in [7, 11) is 1.84. The van der Waals surface area contributed by atoms with E-state index < -0.39 is 6.04 Å². The fraction of sp³-hybridized carbons (Fsp3) is 0.143. The van der Waals surface area contributed by atoms with E-state index >= 15 is 0 Å². The van der Waals surface area contributed by atoms with E-state index in [1.54, 1.807) is 30.6 Å². The van der Waals surface area contributed by atoms with Gasteiger partial charge in [0.25, 0.3) is 5.91 Å². The number of aromatic nitrogens is 2. The Balaban J connectivity index is 1.68. The van der Waals surface area contributed by atoms with Crippen molar-refractivity contribution < 1.29 is 13.6 Å². The third-order valence-corrected chi connectivity index (χ3v) is 4.49. The van der Waals surface area contributed by atoms with Crippen LogP contribution in [0.3, 0.4) is 0 Å². The first-order chi connectivity index (χ1) is 13.0. The predicted octanol–water partition coefficient (Wildman–Crippen LogP) is 4.13. The number of nitrogens with one attached hydrogen (secondary N) is 1. The largest absolute Gasteiger partial charge is 0.451 e. The van der Waals surface area contributed by atoms with E-state index in [2.05, 4.69) is 10.3 Å². The minimum absolute atomic E-state index is 0.219. The van der Waals surface area contributed by atoms with Crippen LogP contribution in [0.25, 0.3) is 11.0 Å². The lowest BCUT2D eigenvalue weighted by molar-refractivity contribution is 0.0915. The van der Waals surface area contributed by atoms with E-state index in [-0.39, 0.29) is 17.5 Å². The summed E-state index contributed by atoms with van der Waals surface area (Å²) in [5, 5.41) is 3.82. The third-order valence-electron chi connectivity index (χ3n) is 4.49. The lowest BCUT2D eigenvalue weighted by Crippen LogP contribution is -2.30. The zero-order valence-corrected chi connectivity index (χ0v) is 14.9. The van der Waals surface area contributed by atoms with Crippen LogP contribution in [0.4, 0.5) is 4.39 Å². The number of fused-ring (bicyclic) bond motifs is 1. The van der Waals surface area contributed by atoms with Gasteiger partial charge in [-0.15, -0.1) is 0 Å². The van der Waals surface area contributed by atoms with Crippen LogP contribution in [0.1, 0.15) is 33.5 Å². The quantitative estimate of drug-likeness (QED) is 0.593. The molecule has 2 aromatic heterocycles. The molecule has 5 nitrogen and oxygen atoms in total. The minimum Gasteiger partial charge on any atom is -0.451 e. The first kappa shape index (κ1) is 17.0. The second-order valence-corrected chi connectivity index (χ2v) is 6.51. The number of hydrogen-bond acceptors (Lipinski definition) is 3. The van der Waals surface area contributed by atoms with Crippen molar-refractivity contribution in [1.82, 2.24) is 14.9 Å². The number of carbonyl (C=O) groups excluding carboxylic acids is 1. The summed E-state index contributed by atoms with van der Waals surface area (Å²) in [6, 6.07) is 12.9. The van der Waals surface area contributed by atoms with Crippen molar-refractivity contribution in [3.63, 3.8) is 0 Å². The summed E-state index contributed by atoms with van der Waals surface area (Å²) in [6.07, 6.45) is 3.45. The highest BCUT2D eigenvalue weighted by Crippen LogP contribution is 2.24. The number of imidazole rings is 1. The van der Waals surface area contributed by atoms with Crippen LogP contribution in [0, 0.1) is 12.7 Å². The fourth-order valence-electron chi connectivity index (χ4n) is 3.08. The van der Waals surface area contributed by atoms with Crippen LogP contribution in [-0.4, -0.2) is 15.5 Å². The smallest absolute Gasteiger partial charge is 0.287 e. The Kier molecular flexibility index (Phi) is 4.24. The molecule has 0 bridgehead atoms. The van der Waals surface area contributed by atoms with E-state index in [1.807, 2.05) is 36.7 Å². The predicted molar refractivity (Wildman–Crippen MR) is 99.9 cm³/mol. The molecule has 0 aliphatic rings. The number of nitrogens with zero attached hydrogens (tertiary/aromatic N) is 2. The molecule has 4 aromatic rings.